The number of hydrogen-bond donors (Lipinski definition) is 0. The van der Waals surface area contributed by atoms with Crippen molar-refractivity contribution in [3.05, 3.63) is 30.1 Å². The van der Waals surface area contributed by atoms with Gasteiger partial charge in [-0.1, -0.05) is 6.07 Å². The van der Waals surface area contributed by atoms with Crippen molar-refractivity contribution in [1.82, 2.24) is 9.88 Å². The zero-order chi connectivity index (χ0) is 11.4. The highest BCUT2D eigenvalue weighted by Crippen LogP contribution is 2.27. The highest BCUT2D eigenvalue weighted by Gasteiger charge is 2.32. The Balaban J connectivity index is 2.08. The second kappa shape index (κ2) is 4.75. The van der Waals surface area contributed by atoms with Crippen LogP contribution in [0.3, 0.4) is 0 Å². The van der Waals surface area contributed by atoms with Crippen LogP contribution in [-0.4, -0.2) is 28.4 Å². The average Bonchev–Trinajstić information content (AvgIpc) is 3.15. The van der Waals surface area contributed by atoms with Gasteiger partial charge in [-0.05, 0) is 25.0 Å². The normalized spacial score (nSPS) is 14.2. The number of nitrogens with zero attached hydrogens (tertiary/aromatic N) is 3. The van der Waals surface area contributed by atoms with Crippen LogP contribution in [0.15, 0.2) is 24.4 Å². The first kappa shape index (κ1) is 10.6. The van der Waals surface area contributed by atoms with Gasteiger partial charge in [-0.25, -0.2) is 0 Å². The maximum Gasteiger partial charge on any atom is 0.272 e. The SMILES string of the molecule is N#CCCN(C(=O)c1ccccn1)C1CC1. The van der Waals surface area contributed by atoms with Gasteiger partial charge in [0.05, 0.1) is 12.5 Å². The smallest absolute Gasteiger partial charge is 0.272 e. The van der Waals surface area contributed by atoms with Gasteiger partial charge >= 0.3 is 0 Å². The monoisotopic (exact) mass is 215 g/mol. The number of carbonyl (C=O) groups excluding carboxylic acids is 1. The quantitative estimate of drug-likeness (QED) is 0.766. The third kappa shape index (κ3) is 2.37. The van der Waals surface area contributed by atoms with E-state index in [1.54, 1.807) is 29.3 Å². The molecule has 0 bridgehead atoms. The fraction of sp³-hybridized carbons (Fsp3) is 0.417. The summed E-state index contributed by atoms with van der Waals surface area (Å²) in [5.41, 5.74) is 0.465. The van der Waals surface area contributed by atoms with E-state index in [0.717, 1.165) is 12.8 Å². The molecule has 4 heteroatoms. The second-order valence-electron chi connectivity index (χ2n) is 3.85. The van der Waals surface area contributed by atoms with Gasteiger partial charge in [0.15, 0.2) is 0 Å². The van der Waals surface area contributed by atoms with Gasteiger partial charge in [-0.15, -0.1) is 0 Å². The standard InChI is InChI=1S/C12H13N3O/c13-7-3-9-15(10-5-6-10)12(16)11-4-1-2-8-14-11/h1-2,4,8,10H,3,5-6,9H2. The largest absolute Gasteiger partial charge is 0.333 e. The summed E-state index contributed by atoms with van der Waals surface area (Å²) in [5.74, 6) is -0.0571. The molecule has 1 amide bonds. The van der Waals surface area contributed by atoms with E-state index in [2.05, 4.69) is 11.1 Å². The highest BCUT2D eigenvalue weighted by atomic mass is 16.2. The van der Waals surface area contributed by atoms with E-state index in [4.69, 9.17) is 5.26 Å². The summed E-state index contributed by atoms with van der Waals surface area (Å²) in [7, 11) is 0. The van der Waals surface area contributed by atoms with Crippen LogP contribution in [0.4, 0.5) is 0 Å². The Morgan fingerprint density at radius 3 is 2.94 bits per heavy atom. The van der Waals surface area contributed by atoms with E-state index in [9.17, 15) is 4.79 Å². The first-order valence-electron chi connectivity index (χ1n) is 5.42. The molecule has 0 aliphatic heterocycles. The lowest BCUT2D eigenvalue weighted by Gasteiger charge is -2.20. The van der Waals surface area contributed by atoms with Crippen LogP contribution in [0.5, 0.6) is 0 Å². The molecule has 1 heterocycles. The van der Waals surface area contributed by atoms with Crippen molar-refractivity contribution < 1.29 is 4.79 Å². The number of rotatable bonds is 4. The number of hydrogen-bond acceptors (Lipinski definition) is 3. The van der Waals surface area contributed by atoms with Crippen molar-refractivity contribution in [3.63, 3.8) is 0 Å². The fourth-order valence-electron chi connectivity index (χ4n) is 1.64. The maximum absolute atomic E-state index is 12.1. The summed E-state index contributed by atoms with van der Waals surface area (Å²) in [4.78, 5) is 17.9. The Morgan fingerprint density at radius 2 is 2.38 bits per heavy atom. The predicted octanol–water partition coefficient (Wildman–Crippen LogP) is 1.60. The first-order valence-corrected chi connectivity index (χ1v) is 5.42. The molecular formula is C12H13N3O. The lowest BCUT2D eigenvalue weighted by atomic mass is 10.3. The Hall–Kier alpha value is -1.89. The highest BCUT2D eigenvalue weighted by molar-refractivity contribution is 5.92. The molecule has 0 atom stereocenters. The summed E-state index contributed by atoms with van der Waals surface area (Å²) in [6, 6.07) is 7.69. The van der Waals surface area contributed by atoms with Crippen molar-refractivity contribution in [1.29, 1.82) is 5.26 Å². The molecule has 4 nitrogen and oxygen atoms in total. The number of carbonyl (C=O) groups is 1. The minimum absolute atomic E-state index is 0.0571. The number of amides is 1. The third-order valence-corrected chi connectivity index (χ3v) is 2.60. The van der Waals surface area contributed by atoms with Crippen LogP contribution in [0, 0.1) is 11.3 Å². The molecule has 2 rings (SSSR count). The molecule has 1 aliphatic rings. The maximum atomic E-state index is 12.1. The second-order valence-corrected chi connectivity index (χ2v) is 3.85. The van der Waals surface area contributed by atoms with E-state index in [0.29, 0.717) is 24.7 Å². The topological polar surface area (TPSA) is 57.0 Å². The Morgan fingerprint density at radius 1 is 1.56 bits per heavy atom. The zero-order valence-electron chi connectivity index (χ0n) is 8.97. The van der Waals surface area contributed by atoms with E-state index >= 15 is 0 Å². The molecule has 0 spiro atoms. The molecule has 0 N–H and O–H groups in total. The molecule has 82 valence electrons. The van der Waals surface area contributed by atoms with Crippen LogP contribution in [0.1, 0.15) is 29.8 Å². The number of aromatic nitrogens is 1. The lowest BCUT2D eigenvalue weighted by Crippen LogP contribution is -2.34. The molecule has 0 saturated heterocycles. The van der Waals surface area contributed by atoms with Crippen LogP contribution in [-0.2, 0) is 0 Å². The minimum Gasteiger partial charge on any atom is -0.333 e. The molecule has 0 aromatic carbocycles. The summed E-state index contributed by atoms with van der Waals surface area (Å²) in [6.07, 6.45) is 4.09. The van der Waals surface area contributed by atoms with Crippen molar-refractivity contribution in [3.8, 4) is 6.07 Å². The first-order chi connectivity index (χ1) is 7.83. The van der Waals surface area contributed by atoms with E-state index in [1.807, 2.05) is 0 Å². The molecule has 1 aromatic heterocycles. The minimum atomic E-state index is -0.0571. The predicted molar refractivity (Wildman–Crippen MR) is 58.5 cm³/mol. The number of pyridine rings is 1. The van der Waals surface area contributed by atoms with Gasteiger partial charge in [-0.2, -0.15) is 5.26 Å². The lowest BCUT2D eigenvalue weighted by molar-refractivity contribution is 0.0741. The van der Waals surface area contributed by atoms with Gasteiger partial charge in [0.25, 0.3) is 5.91 Å². The molecule has 1 fully saturated rings. The Labute approximate surface area is 94.5 Å². The van der Waals surface area contributed by atoms with Gasteiger partial charge in [0.2, 0.25) is 0 Å². The molecule has 16 heavy (non-hydrogen) atoms. The summed E-state index contributed by atoms with van der Waals surface area (Å²) in [5, 5.41) is 8.57. The molecule has 1 aliphatic carbocycles. The van der Waals surface area contributed by atoms with Crippen LogP contribution < -0.4 is 0 Å². The van der Waals surface area contributed by atoms with Gasteiger partial charge in [0.1, 0.15) is 5.69 Å². The number of nitriles is 1. The molecule has 1 aromatic rings. The average molecular weight is 215 g/mol. The van der Waals surface area contributed by atoms with E-state index < -0.39 is 0 Å². The van der Waals surface area contributed by atoms with Gasteiger partial charge in [-0.3, -0.25) is 9.78 Å². The Kier molecular flexibility index (Phi) is 3.16. The van der Waals surface area contributed by atoms with Crippen molar-refractivity contribution in [2.45, 2.75) is 25.3 Å². The molecule has 0 unspecified atom stereocenters. The third-order valence-electron chi connectivity index (χ3n) is 2.60. The molecule has 1 saturated carbocycles. The van der Waals surface area contributed by atoms with Crippen molar-refractivity contribution >= 4 is 5.91 Å². The summed E-state index contributed by atoms with van der Waals surface area (Å²) < 4.78 is 0. The van der Waals surface area contributed by atoms with Crippen molar-refractivity contribution in [2.24, 2.45) is 0 Å². The fourth-order valence-corrected chi connectivity index (χ4v) is 1.64. The molecular weight excluding hydrogens is 202 g/mol. The zero-order valence-corrected chi connectivity index (χ0v) is 8.97. The van der Waals surface area contributed by atoms with E-state index in [1.165, 1.54) is 0 Å². The van der Waals surface area contributed by atoms with Crippen molar-refractivity contribution in [2.75, 3.05) is 6.54 Å². The van der Waals surface area contributed by atoms with Gasteiger partial charge in [0, 0.05) is 18.8 Å². The van der Waals surface area contributed by atoms with Crippen LogP contribution >= 0.6 is 0 Å². The van der Waals surface area contributed by atoms with E-state index in [-0.39, 0.29) is 5.91 Å². The van der Waals surface area contributed by atoms with Crippen LogP contribution in [0.25, 0.3) is 0 Å². The summed E-state index contributed by atoms with van der Waals surface area (Å²) >= 11 is 0. The van der Waals surface area contributed by atoms with Gasteiger partial charge < -0.3 is 4.90 Å². The molecule has 0 radical (unpaired) electrons. The Bertz CT molecular complexity index is 406. The van der Waals surface area contributed by atoms with Crippen LogP contribution in [0.2, 0.25) is 0 Å². The summed E-state index contributed by atoms with van der Waals surface area (Å²) in [6.45, 7) is 0.510.